The van der Waals surface area contributed by atoms with Gasteiger partial charge in [0.2, 0.25) is 5.91 Å². The minimum absolute atomic E-state index is 0.0145. The van der Waals surface area contributed by atoms with E-state index in [0.29, 0.717) is 44.0 Å². The van der Waals surface area contributed by atoms with E-state index in [2.05, 4.69) is 10.00 Å². The van der Waals surface area contributed by atoms with Gasteiger partial charge >= 0.3 is 0 Å². The first kappa shape index (κ1) is 24.0. The molecule has 0 atom stereocenters. The van der Waals surface area contributed by atoms with Gasteiger partial charge in [-0.3, -0.25) is 9.48 Å². The van der Waals surface area contributed by atoms with Crippen molar-refractivity contribution >= 4 is 17.4 Å². The molecule has 37 heavy (non-hydrogen) atoms. The Morgan fingerprint density at radius 3 is 2.68 bits per heavy atom. The largest absolute Gasteiger partial charge is 0.381 e. The van der Waals surface area contributed by atoms with Crippen molar-refractivity contribution < 1.29 is 18.3 Å². The highest BCUT2D eigenvalue weighted by Crippen LogP contribution is 2.43. The number of aromatic nitrogens is 4. The summed E-state index contributed by atoms with van der Waals surface area (Å²) in [5.74, 6) is 1.66. The Labute approximate surface area is 214 Å². The van der Waals surface area contributed by atoms with Crippen molar-refractivity contribution in [2.24, 2.45) is 7.05 Å². The maximum atomic E-state index is 14.4. The van der Waals surface area contributed by atoms with Gasteiger partial charge in [0, 0.05) is 68.2 Å². The quantitative estimate of drug-likeness (QED) is 0.511. The number of rotatable bonds is 4. The molecule has 1 fully saturated rings. The summed E-state index contributed by atoms with van der Waals surface area (Å²) in [5, 5.41) is 4.19. The Morgan fingerprint density at radius 1 is 1.16 bits per heavy atom. The van der Waals surface area contributed by atoms with Gasteiger partial charge in [0.05, 0.1) is 25.0 Å². The summed E-state index contributed by atoms with van der Waals surface area (Å²) in [7, 11) is 1.78. The third-order valence-electron chi connectivity index (χ3n) is 7.69. The average Bonchev–Trinajstić information content (AvgIpc) is 3.54. The minimum Gasteiger partial charge on any atom is -0.381 e. The van der Waals surface area contributed by atoms with Gasteiger partial charge in [-0.25, -0.2) is 18.7 Å². The zero-order valence-corrected chi connectivity index (χ0v) is 21.1. The van der Waals surface area contributed by atoms with Crippen LogP contribution in [0.5, 0.6) is 0 Å². The van der Waals surface area contributed by atoms with Gasteiger partial charge in [0.25, 0.3) is 6.43 Å². The number of hydrogen-bond acceptors (Lipinski definition) is 6. The molecule has 0 aliphatic carbocycles. The van der Waals surface area contributed by atoms with Crippen LogP contribution in [-0.4, -0.2) is 50.3 Å². The molecule has 10 heteroatoms. The molecule has 3 aromatic rings. The molecule has 0 N–H and O–H groups in total. The average molecular weight is 509 g/mol. The number of alkyl halides is 2. The van der Waals surface area contributed by atoms with E-state index < -0.39 is 6.43 Å². The van der Waals surface area contributed by atoms with Crippen LogP contribution >= 0.6 is 0 Å². The fraction of sp³-hybridized carbons (Fsp3) is 0.481. The SMILES string of the molecule is CC(=O)N1Cc2nc(C3CCOCC3)nc(N3CCCc4cc(-c5cnn(C)c5)c(C(F)F)cc43)c2C1. The number of carbonyl (C=O) groups excluding carboxylic acids is 1. The van der Waals surface area contributed by atoms with E-state index >= 15 is 0 Å². The Hall–Kier alpha value is -3.40. The minimum atomic E-state index is -2.63. The summed E-state index contributed by atoms with van der Waals surface area (Å²) in [6, 6.07) is 3.52. The molecule has 3 aliphatic rings. The van der Waals surface area contributed by atoms with Gasteiger partial charge in [-0.2, -0.15) is 5.10 Å². The maximum Gasteiger partial charge on any atom is 0.264 e. The van der Waals surface area contributed by atoms with Gasteiger partial charge < -0.3 is 14.5 Å². The van der Waals surface area contributed by atoms with Gasteiger partial charge in [-0.05, 0) is 48.9 Å². The smallest absolute Gasteiger partial charge is 0.264 e. The number of benzene rings is 1. The maximum absolute atomic E-state index is 14.4. The topological polar surface area (TPSA) is 76.4 Å². The van der Waals surface area contributed by atoms with Crippen LogP contribution in [0.4, 0.5) is 20.3 Å². The molecule has 5 heterocycles. The third kappa shape index (κ3) is 4.37. The van der Waals surface area contributed by atoms with E-state index in [1.165, 1.54) is 0 Å². The molecule has 1 amide bonds. The molecule has 0 spiro atoms. The second-order valence-electron chi connectivity index (χ2n) is 10.1. The van der Waals surface area contributed by atoms with E-state index in [1.54, 1.807) is 42.0 Å². The normalized spacial score (nSPS) is 17.9. The highest BCUT2D eigenvalue weighted by atomic mass is 19.3. The highest BCUT2D eigenvalue weighted by molar-refractivity contribution is 5.78. The number of halogens is 2. The predicted molar refractivity (Wildman–Crippen MR) is 134 cm³/mol. The highest BCUT2D eigenvalue weighted by Gasteiger charge is 2.33. The fourth-order valence-corrected chi connectivity index (χ4v) is 5.70. The summed E-state index contributed by atoms with van der Waals surface area (Å²) < 4.78 is 35.9. The second kappa shape index (κ2) is 9.48. The lowest BCUT2D eigenvalue weighted by molar-refractivity contribution is -0.129. The number of hydrogen-bond donors (Lipinski definition) is 0. The molecule has 8 nitrogen and oxygen atoms in total. The molecule has 1 saturated heterocycles. The van der Waals surface area contributed by atoms with Crippen molar-refractivity contribution in [2.45, 2.75) is 58.0 Å². The summed E-state index contributed by atoms with van der Waals surface area (Å²) in [6.07, 6.45) is 4.11. The van der Waals surface area contributed by atoms with E-state index in [4.69, 9.17) is 14.7 Å². The summed E-state index contributed by atoms with van der Waals surface area (Å²) >= 11 is 0. The van der Waals surface area contributed by atoms with E-state index in [-0.39, 0.29) is 17.4 Å². The first-order chi connectivity index (χ1) is 17.9. The van der Waals surface area contributed by atoms with Crippen LogP contribution in [0.15, 0.2) is 24.5 Å². The lowest BCUT2D eigenvalue weighted by Gasteiger charge is -2.33. The number of carbonyl (C=O) groups is 1. The standard InChI is InChI=1S/C27H30F2N6O2/c1-16(36)34-14-22-23(15-34)31-26(17-5-8-37-9-6-17)32-27(22)35-7-3-4-18-10-20(19-12-30-33(2)13-19)21(25(28)29)11-24(18)35/h10-13,17,25H,3-9,14-15H2,1-2H3. The third-order valence-corrected chi connectivity index (χ3v) is 7.69. The van der Waals surface area contributed by atoms with Gasteiger partial charge in [0.1, 0.15) is 11.6 Å². The van der Waals surface area contributed by atoms with Crippen LogP contribution in [-0.2, 0) is 36.1 Å². The van der Waals surface area contributed by atoms with Crippen molar-refractivity contribution in [3.8, 4) is 11.1 Å². The Morgan fingerprint density at radius 2 is 1.97 bits per heavy atom. The van der Waals surface area contributed by atoms with E-state index in [9.17, 15) is 13.6 Å². The number of anilines is 2. The van der Waals surface area contributed by atoms with Crippen molar-refractivity contribution in [2.75, 3.05) is 24.7 Å². The van der Waals surface area contributed by atoms with Crippen LogP contribution in [0.25, 0.3) is 11.1 Å². The number of fused-ring (bicyclic) bond motifs is 2. The van der Waals surface area contributed by atoms with E-state index in [1.807, 2.05) is 6.07 Å². The molecule has 0 radical (unpaired) electrons. The zero-order valence-electron chi connectivity index (χ0n) is 21.1. The molecule has 0 unspecified atom stereocenters. The van der Waals surface area contributed by atoms with E-state index in [0.717, 1.165) is 59.8 Å². The van der Waals surface area contributed by atoms with Crippen molar-refractivity contribution in [3.63, 3.8) is 0 Å². The molecule has 6 rings (SSSR count). The predicted octanol–water partition coefficient (Wildman–Crippen LogP) is 4.66. The van der Waals surface area contributed by atoms with Crippen LogP contribution in [0.3, 0.4) is 0 Å². The zero-order chi connectivity index (χ0) is 25.7. The van der Waals surface area contributed by atoms with Crippen molar-refractivity contribution in [3.05, 3.63) is 52.7 Å². The molecule has 3 aliphatic heterocycles. The molecular formula is C27H30F2N6O2. The van der Waals surface area contributed by atoms with Crippen molar-refractivity contribution in [1.82, 2.24) is 24.6 Å². The Kier molecular flexibility index (Phi) is 6.14. The molecule has 0 bridgehead atoms. The number of amides is 1. The molecule has 1 aromatic carbocycles. The lowest BCUT2D eigenvalue weighted by atomic mass is 9.92. The van der Waals surface area contributed by atoms with Gasteiger partial charge in [-0.15, -0.1) is 0 Å². The van der Waals surface area contributed by atoms with Crippen LogP contribution in [0.2, 0.25) is 0 Å². The van der Waals surface area contributed by atoms with Crippen LogP contribution in [0, 0.1) is 0 Å². The molecule has 0 saturated carbocycles. The number of nitrogens with zero attached hydrogens (tertiary/aromatic N) is 6. The number of aryl methyl sites for hydroxylation is 2. The lowest BCUT2D eigenvalue weighted by Crippen LogP contribution is -2.28. The van der Waals surface area contributed by atoms with Gasteiger partial charge in [0.15, 0.2) is 0 Å². The second-order valence-corrected chi connectivity index (χ2v) is 10.1. The Balaban J connectivity index is 1.48. The summed E-state index contributed by atoms with van der Waals surface area (Å²) in [4.78, 5) is 26.0. The van der Waals surface area contributed by atoms with Gasteiger partial charge in [-0.1, -0.05) is 0 Å². The van der Waals surface area contributed by atoms with Crippen LogP contribution < -0.4 is 4.90 Å². The first-order valence-corrected chi connectivity index (χ1v) is 12.8. The monoisotopic (exact) mass is 508 g/mol. The van der Waals surface area contributed by atoms with Crippen LogP contribution in [0.1, 0.15) is 66.7 Å². The molecular weight excluding hydrogens is 478 g/mol. The molecule has 2 aromatic heterocycles. The fourth-order valence-electron chi connectivity index (χ4n) is 5.70. The first-order valence-electron chi connectivity index (χ1n) is 12.8. The van der Waals surface area contributed by atoms with Crippen molar-refractivity contribution in [1.29, 1.82) is 0 Å². The summed E-state index contributed by atoms with van der Waals surface area (Å²) in [6.45, 7) is 4.43. The molecule has 194 valence electrons. The Bertz CT molecular complexity index is 1350. The summed E-state index contributed by atoms with van der Waals surface area (Å²) in [5.41, 5.74) is 4.72. The number of ether oxygens (including phenoxy) is 1.